The highest BCUT2D eigenvalue weighted by atomic mass is 16.1. The summed E-state index contributed by atoms with van der Waals surface area (Å²) >= 11 is 0. The number of benzene rings is 1. The summed E-state index contributed by atoms with van der Waals surface area (Å²) in [6.45, 7) is 1.82. The lowest BCUT2D eigenvalue weighted by Gasteiger charge is -2.13. The van der Waals surface area contributed by atoms with Gasteiger partial charge in [-0.2, -0.15) is 0 Å². The van der Waals surface area contributed by atoms with Gasteiger partial charge in [-0.05, 0) is 43.3 Å². The molecule has 0 atom stereocenters. The molecule has 0 bridgehead atoms. The van der Waals surface area contributed by atoms with Crippen molar-refractivity contribution in [1.82, 2.24) is 4.98 Å². The van der Waals surface area contributed by atoms with E-state index in [1.807, 2.05) is 50.2 Å². The van der Waals surface area contributed by atoms with Gasteiger partial charge < -0.3 is 10.2 Å². The molecule has 0 aliphatic carbocycles. The number of aromatic nitrogens is 1. The Kier molecular flexibility index (Phi) is 3.80. The third-order valence-electron chi connectivity index (χ3n) is 2.89. The summed E-state index contributed by atoms with van der Waals surface area (Å²) in [7, 11) is 3.96. The van der Waals surface area contributed by atoms with Gasteiger partial charge in [-0.1, -0.05) is 0 Å². The fraction of sp³-hybridized carbons (Fsp3) is 0.200. The van der Waals surface area contributed by atoms with Crippen molar-refractivity contribution < 1.29 is 4.79 Å². The zero-order valence-corrected chi connectivity index (χ0v) is 11.3. The molecule has 98 valence electrons. The van der Waals surface area contributed by atoms with Gasteiger partial charge in [0.15, 0.2) is 0 Å². The minimum Gasteiger partial charge on any atom is -0.378 e. The van der Waals surface area contributed by atoms with E-state index in [1.165, 1.54) is 0 Å². The maximum Gasteiger partial charge on any atom is 0.257 e. The van der Waals surface area contributed by atoms with Crippen LogP contribution in [-0.4, -0.2) is 25.0 Å². The van der Waals surface area contributed by atoms with Crippen molar-refractivity contribution in [3.05, 3.63) is 53.9 Å². The molecular weight excluding hydrogens is 238 g/mol. The van der Waals surface area contributed by atoms with E-state index in [0.29, 0.717) is 5.56 Å². The number of nitrogens with one attached hydrogen (secondary N) is 1. The Morgan fingerprint density at radius 2 is 1.84 bits per heavy atom. The van der Waals surface area contributed by atoms with Gasteiger partial charge in [0.05, 0.1) is 5.56 Å². The molecule has 1 N–H and O–H groups in total. The first kappa shape index (κ1) is 13.1. The van der Waals surface area contributed by atoms with E-state index in [9.17, 15) is 4.79 Å². The number of rotatable bonds is 3. The SMILES string of the molecule is Cc1ncccc1C(=O)Nc1ccc(N(C)C)cc1. The van der Waals surface area contributed by atoms with Crippen LogP contribution in [0.5, 0.6) is 0 Å². The number of carbonyl (C=O) groups is 1. The van der Waals surface area contributed by atoms with Crippen molar-refractivity contribution in [2.45, 2.75) is 6.92 Å². The number of anilines is 2. The van der Waals surface area contributed by atoms with Crippen LogP contribution in [0.2, 0.25) is 0 Å². The fourth-order valence-electron chi connectivity index (χ4n) is 1.77. The Hall–Kier alpha value is -2.36. The van der Waals surface area contributed by atoms with E-state index in [1.54, 1.807) is 18.3 Å². The second-order valence-corrected chi connectivity index (χ2v) is 4.53. The number of carbonyl (C=O) groups excluding carboxylic acids is 1. The maximum absolute atomic E-state index is 12.1. The number of hydrogen-bond acceptors (Lipinski definition) is 3. The Labute approximate surface area is 113 Å². The first-order valence-corrected chi connectivity index (χ1v) is 6.08. The Morgan fingerprint density at radius 1 is 1.16 bits per heavy atom. The minimum absolute atomic E-state index is 0.136. The first-order valence-electron chi connectivity index (χ1n) is 6.08. The highest BCUT2D eigenvalue weighted by Gasteiger charge is 2.09. The summed E-state index contributed by atoms with van der Waals surface area (Å²) in [5.74, 6) is -0.136. The summed E-state index contributed by atoms with van der Waals surface area (Å²) in [5, 5.41) is 2.87. The molecular formula is C15H17N3O. The van der Waals surface area contributed by atoms with E-state index in [4.69, 9.17) is 0 Å². The normalized spacial score (nSPS) is 10.1. The van der Waals surface area contributed by atoms with Crippen molar-refractivity contribution >= 4 is 17.3 Å². The average molecular weight is 255 g/mol. The molecule has 0 aliphatic heterocycles. The molecule has 1 heterocycles. The largest absolute Gasteiger partial charge is 0.378 e. The predicted molar refractivity (Wildman–Crippen MR) is 77.7 cm³/mol. The van der Waals surface area contributed by atoms with Crippen LogP contribution >= 0.6 is 0 Å². The summed E-state index contributed by atoms with van der Waals surface area (Å²) in [5.41, 5.74) is 3.19. The maximum atomic E-state index is 12.1. The summed E-state index contributed by atoms with van der Waals surface area (Å²) in [6, 6.07) is 11.2. The zero-order valence-electron chi connectivity index (χ0n) is 11.3. The molecule has 0 aliphatic rings. The highest BCUT2D eigenvalue weighted by Crippen LogP contribution is 2.16. The number of aryl methyl sites for hydroxylation is 1. The van der Waals surface area contributed by atoms with Crippen LogP contribution in [0.3, 0.4) is 0 Å². The van der Waals surface area contributed by atoms with E-state index < -0.39 is 0 Å². The third kappa shape index (κ3) is 3.10. The van der Waals surface area contributed by atoms with Crippen molar-refractivity contribution in [2.75, 3.05) is 24.3 Å². The third-order valence-corrected chi connectivity index (χ3v) is 2.89. The van der Waals surface area contributed by atoms with Gasteiger partial charge in [-0.3, -0.25) is 9.78 Å². The van der Waals surface area contributed by atoms with Gasteiger partial charge >= 0.3 is 0 Å². The molecule has 1 aromatic carbocycles. The minimum atomic E-state index is -0.136. The van der Waals surface area contributed by atoms with Gasteiger partial charge in [0.25, 0.3) is 5.91 Å². The molecule has 0 radical (unpaired) electrons. The summed E-state index contributed by atoms with van der Waals surface area (Å²) < 4.78 is 0. The van der Waals surface area contributed by atoms with Crippen LogP contribution in [0.4, 0.5) is 11.4 Å². The molecule has 0 spiro atoms. The lowest BCUT2D eigenvalue weighted by atomic mass is 10.2. The van der Waals surface area contributed by atoms with Crippen LogP contribution in [-0.2, 0) is 0 Å². The van der Waals surface area contributed by atoms with Crippen LogP contribution in [0.1, 0.15) is 16.1 Å². The Bertz CT molecular complexity index is 576. The number of amides is 1. The molecule has 0 unspecified atom stereocenters. The van der Waals surface area contributed by atoms with E-state index in [0.717, 1.165) is 17.1 Å². The number of nitrogens with zero attached hydrogens (tertiary/aromatic N) is 2. The standard InChI is InChI=1S/C15H17N3O/c1-11-14(5-4-10-16-11)15(19)17-12-6-8-13(9-7-12)18(2)3/h4-10H,1-3H3,(H,17,19). The van der Waals surface area contributed by atoms with Crippen LogP contribution in [0.25, 0.3) is 0 Å². The molecule has 4 heteroatoms. The Morgan fingerprint density at radius 3 is 2.42 bits per heavy atom. The van der Waals surface area contributed by atoms with Gasteiger partial charge in [0.1, 0.15) is 0 Å². The molecule has 4 nitrogen and oxygen atoms in total. The van der Waals surface area contributed by atoms with E-state index in [2.05, 4.69) is 10.3 Å². The van der Waals surface area contributed by atoms with Crippen LogP contribution in [0.15, 0.2) is 42.6 Å². The zero-order chi connectivity index (χ0) is 13.8. The van der Waals surface area contributed by atoms with Crippen molar-refractivity contribution in [3.63, 3.8) is 0 Å². The Balaban J connectivity index is 2.13. The van der Waals surface area contributed by atoms with Crippen LogP contribution in [0, 0.1) is 6.92 Å². The molecule has 2 aromatic rings. The van der Waals surface area contributed by atoms with Crippen molar-refractivity contribution in [3.8, 4) is 0 Å². The summed E-state index contributed by atoms with van der Waals surface area (Å²) in [6.07, 6.45) is 1.68. The fourth-order valence-corrected chi connectivity index (χ4v) is 1.77. The lowest BCUT2D eigenvalue weighted by molar-refractivity contribution is 0.102. The molecule has 1 amide bonds. The van der Waals surface area contributed by atoms with E-state index in [-0.39, 0.29) is 5.91 Å². The average Bonchev–Trinajstić information content (AvgIpc) is 2.39. The quantitative estimate of drug-likeness (QED) is 0.917. The highest BCUT2D eigenvalue weighted by molar-refractivity contribution is 6.05. The second kappa shape index (κ2) is 5.52. The number of hydrogen-bond donors (Lipinski definition) is 1. The lowest BCUT2D eigenvalue weighted by Crippen LogP contribution is -2.14. The van der Waals surface area contributed by atoms with Crippen molar-refractivity contribution in [1.29, 1.82) is 0 Å². The molecule has 19 heavy (non-hydrogen) atoms. The molecule has 0 saturated heterocycles. The van der Waals surface area contributed by atoms with Gasteiger partial charge in [-0.25, -0.2) is 0 Å². The van der Waals surface area contributed by atoms with Gasteiger partial charge in [0.2, 0.25) is 0 Å². The molecule has 2 rings (SSSR count). The molecule has 1 aromatic heterocycles. The van der Waals surface area contributed by atoms with Gasteiger partial charge in [-0.15, -0.1) is 0 Å². The van der Waals surface area contributed by atoms with E-state index >= 15 is 0 Å². The predicted octanol–water partition coefficient (Wildman–Crippen LogP) is 2.71. The number of pyridine rings is 1. The molecule has 0 fully saturated rings. The smallest absolute Gasteiger partial charge is 0.257 e. The monoisotopic (exact) mass is 255 g/mol. The van der Waals surface area contributed by atoms with Crippen molar-refractivity contribution in [2.24, 2.45) is 0 Å². The topological polar surface area (TPSA) is 45.2 Å². The first-order chi connectivity index (χ1) is 9.08. The second-order valence-electron chi connectivity index (χ2n) is 4.53. The van der Waals surface area contributed by atoms with Gasteiger partial charge in [0, 0.05) is 37.4 Å². The summed E-state index contributed by atoms with van der Waals surface area (Å²) in [4.78, 5) is 18.2. The molecule has 0 saturated carbocycles. The van der Waals surface area contributed by atoms with Crippen LogP contribution < -0.4 is 10.2 Å².